The Morgan fingerprint density at radius 1 is 0.425 bits per heavy atom. The number of rotatable bonds is 3. The van der Waals surface area contributed by atoms with Crippen LogP contribution in [0.2, 0.25) is 0 Å². The van der Waals surface area contributed by atoms with Crippen LogP contribution in [0.1, 0.15) is 0 Å². The van der Waals surface area contributed by atoms with E-state index in [-0.39, 0.29) is 0 Å². The Kier molecular flexibility index (Phi) is 4.89. The minimum absolute atomic E-state index is 0.643. The summed E-state index contributed by atoms with van der Waals surface area (Å²) in [5.74, 6) is 0. The second kappa shape index (κ2) is 8.73. The van der Waals surface area contributed by atoms with Crippen LogP contribution < -0.4 is 0 Å². The van der Waals surface area contributed by atoms with Crippen LogP contribution in [0.15, 0.2) is 140 Å². The Balaban J connectivity index is 1.37. The fourth-order valence-corrected chi connectivity index (χ4v) is 6.18. The summed E-state index contributed by atoms with van der Waals surface area (Å²) in [7, 11) is 0. The molecule has 0 radical (unpaired) electrons. The Labute approximate surface area is 231 Å². The zero-order valence-corrected chi connectivity index (χ0v) is 21.6. The quantitative estimate of drug-likeness (QED) is 0.210. The predicted molar refractivity (Wildman–Crippen MR) is 167 cm³/mol. The highest BCUT2D eigenvalue weighted by Crippen LogP contribution is 2.38. The van der Waals surface area contributed by atoms with Gasteiger partial charge in [-0.25, -0.2) is 4.85 Å². The Bertz CT molecular complexity index is 2240. The molecule has 2 aromatic heterocycles. The second-order valence-corrected chi connectivity index (χ2v) is 10.1. The van der Waals surface area contributed by atoms with E-state index in [4.69, 9.17) is 6.57 Å². The maximum atomic E-state index is 7.80. The Morgan fingerprint density at radius 2 is 0.975 bits per heavy atom. The molecule has 2 heterocycles. The summed E-state index contributed by atoms with van der Waals surface area (Å²) >= 11 is 0. The van der Waals surface area contributed by atoms with E-state index in [1.165, 1.54) is 32.6 Å². The van der Waals surface area contributed by atoms with Gasteiger partial charge in [-0.15, -0.1) is 0 Å². The van der Waals surface area contributed by atoms with Crippen LogP contribution in [-0.4, -0.2) is 9.13 Å². The monoisotopic (exact) mass is 509 g/mol. The van der Waals surface area contributed by atoms with Crippen LogP contribution in [0.25, 0.3) is 71.0 Å². The fraction of sp³-hybridized carbons (Fsp3) is 0. The molecule has 40 heavy (non-hydrogen) atoms. The van der Waals surface area contributed by atoms with Crippen LogP contribution in [0.5, 0.6) is 0 Å². The third-order valence-corrected chi connectivity index (χ3v) is 7.93. The molecule has 6 aromatic carbocycles. The third kappa shape index (κ3) is 3.24. The van der Waals surface area contributed by atoms with E-state index >= 15 is 0 Å². The van der Waals surface area contributed by atoms with E-state index in [1.807, 2.05) is 24.3 Å². The van der Waals surface area contributed by atoms with E-state index in [0.29, 0.717) is 5.69 Å². The largest absolute Gasteiger partial charge is 0.319 e. The summed E-state index contributed by atoms with van der Waals surface area (Å²) in [5, 5.41) is 4.88. The molecule has 3 heteroatoms. The van der Waals surface area contributed by atoms with Gasteiger partial charge in [-0.1, -0.05) is 97.1 Å². The van der Waals surface area contributed by atoms with Gasteiger partial charge in [0.2, 0.25) is 5.69 Å². The molecule has 186 valence electrons. The van der Waals surface area contributed by atoms with Gasteiger partial charge in [0.15, 0.2) is 0 Å². The lowest BCUT2D eigenvalue weighted by atomic mass is 10.0. The molecule has 0 aliphatic carbocycles. The molecule has 0 aliphatic rings. The van der Waals surface area contributed by atoms with Crippen LogP contribution in [0, 0.1) is 6.57 Å². The number of para-hydroxylation sites is 5. The van der Waals surface area contributed by atoms with Crippen molar-refractivity contribution in [2.24, 2.45) is 0 Å². The topological polar surface area (TPSA) is 14.2 Å². The van der Waals surface area contributed by atoms with Crippen molar-refractivity contribution in [2.45, 2.75) is 0 Å². The molecule has 0 atom stereocenters. The van der Waals surface area contributed by atoms with Gasteiger partial charge in [0.25, 0.3) is 0 Å². The zero-order chi connectivity index (χ0) is 26.6. The molecular weight excluding hydrogens is 486 g/mol. The molecule has 3 nitrogen and oxygen atoms in total. The van der Waals surface area contributed by atoms with E-state index in [9.17, 15) is 0 Å². The zero-order valence-electron chi connectivity index (χ0n) is 21.6. The average molecular weight is 510 g/mol. The summed E-state index contributed by atoms with van der Waals surface area (Å²) in [6, 6.07) is 49.0. The highest BCUT2D eigenvalue weighted by Gasteiger charge is 2.16. The van der Waals surface area contributed by atoms with Crippen molar-refractivity contribution in [3.05, 3.63) is 151 Å². The van der Waals surface area contributed by atoms with Crippen LogP contribution in [-0.2, 0) is 0 Å². The predicted octanol–water partition coefficient (Wildman–Crippen LogP) is 10.1. The van der Waals surface area contributed by atoms with Crippen LogP contribution in [0.3, 0.4) is 0 Å². The molecule has 0 spiro atoms. The third-order valence-electron chi connectivity index (χ3n) is 7.93. The highest BCUT2D eigenvalue weighted by atomic mass is 15.0. The lowest BCUT2D eigenvalue weighted by molar-refractivity contribution is 1.18. The van der Waals surface area contributed by atoms with Crippen LogP contribution >= 0.6 is 0 Å². The van der Waals surface area contributed by atoms with E-state index in [2.05, 4.69) is 129 Å². The summed E-state index contributed by atoms with van der Waals surface area (Å²) in [6.45, 7) is 7.80. The summed E-state index contributed by atoms with van der Waals surface area (Å²) in [6.07, 6.45) is 0. The molecule has 8 aromatic rings. The average Bonchev–Trinajstić information content (AvgIpc) is 3.54. The molecule has 0 bridgehead atoms. The van der Waals surface area contributed by atoms with Crippen molar-refractivity contribution in [1.82, 2.24) is 9.13 Å². The maximum Gasteiger partial charge on any atom is 0.210 e. The summed E-state index contributed by atoms with van der Waals surface area (Å²) < 4.78 is 4.59. The number of fused-ring (bicyclic) bond motifs is 6. The summed E-state index contributed by atoms with van der Waals surface area (Å²) in [5.41, 5.74) is 9.56. The Hall–Kier alpha value is -5.59. The minimum atomic E-state index is 0.643. The first-order valence-corrected chi connectivity index (χ1v) is 13.4. The van der Waals surface area contributed by atoms with Gasteiger partial charge in [0.05, 0.1) is 34.3 Å². The number of hydrogen-bond acceptors (Lipinski definition) is 0. The molecule has 0 unspecified atom stereocenters. The van der Waals surface area contributed by atoms with Crippen molar-refractivity contribution in [3.8, 4) is 22.5 Å². The molecule has 0 saturated carbocycles. The molecule has 8 rings (SSSR count). The maximum absolute atomic E-state index is 7.80. The van der Waals surface area contributed by atoms with E-state index < -0.39 is 0 Å². The van der Waals surface area contributed by atoms with Crippen LogP contribution in [0.4, 0.5) is 5.69 Å². The van der Waals surface area contributed by atoms with E-state index in [1.54, 1.807) is 0 Å². The second-order valence-electron chi connectivity index (χ2n) is 10.1. The van der Waals surface area contributed by atoms with Gasteiger partial charge in [0.1, 0.15) is 0 Å². The fourth-order valence-electron chi connectivity index (χ4n) is 6.18. The van der Waals surface area contributed by atoms with Gasteiger partial charge in [-0.2, -0.15) is 0 Å². The number of nitrogens with zero attached hydrogens (tertiary/aromatic N) is 3. The number of hydrogen-bond donors (Lipinski definition) is 0. The number of aromatic nitrogens is 2. The molecule has 0 amide bonds. The van der Waals surface area contributed by atoms with Crippen molar-refractivity contribution in [2.75, 3.05) is 0 Å². The first-order chi connectivity index (χ1) is 19.8. The van der Waals surface area contributed by atoms with Gasteiger partial charge in [0, 0.05) is 27.2 Å². The van der Waals surface area contributed by atoms with Crippen molar-refractivity contribution in [3.63, 3.8) is 0 Å². The lowest BCUT2D eigenvalue weighted by Gasteiger charge is -2.12. The normalized spacial score (nSPS) is 11.5. The van der Waals surface area contributed by atoms with Crippen molar-refractivity contribution in [1.29, 1.82) is 0 Å². The lowest BCUT2D eigenvalue weighted by Crippen LogP contribution is -1.95. The molecular formula is C37H23N3. The standard InChI is InChI=1S/C37H23N3/c1-38-32-16-5-9-20-36(32)40-35-19-8-4-15-30(35)31-22-21-26(24-37(31)40)25-11-10-12-27(23-25)39-33-17-6-2-13-28(33)29-14-3-7-18-34(29)39/h2-24H. The van der Waals surface area contributed by atoms with Gasteiger partial charge in [-0.05, 0) is 53.6 Å². The smallest absolute Gasteiger partial charge is 0.210 e. The summed E-state index contributed by atoms with van der Waals surface area (Å²) in [4.78, 5) is 3.84. The first kappa shape index (κ1) is 22.4. The van der Waals surface area contributed by atoms with Gasteiger partial charge in [-0.3, -0.25) is 0 Å². The van der Waals surface area contributed by atoms with Crippen molar-refractivity contribution < 1.29 is 0 Å². The molecule has 0 N–H and O–H groups in total. The SMILES string of the molecule is [C-]#[N+]c1ccccc1-n1c2ccccc2c2ccc(-c3cccc(-n4c5ccccc5c5ccccc54)c3)cc21. The van der Waals surface area contributed by atoms with Gasteiger partial charge < -0.3 is 9.13 Å². The van der Waals surface area contributed by atoms with Gasteiger partial charge >= 0.3 is 0 Å². The highest BCUT2D eigenvalue weighted by molar-refractivity contribution is 6.11. The van der Waals surface area contributed by atoms with E-state index in [0.717, 1.165) is 33.5 Å². The number of benzene rings is 6. The molecule has 0 fully saturated rings. The first-order valence-electron chi connectivity index (χ1n) is 13.4. The minimum Gasteiger partial charge on any atom is -0.319 e. The molecule has 0 saturated heterocycles. The van der Waals surface area contributed by atoms with Crippen molar-refractivity contribution >= 4 is 49.3 Å². The molecule has 0 aliphatic heterocycles. The Morgan fingerprint density at radius 3 is 1.65 bits per heavy atom.